The van der Waals surface area contributed by atoms with Gasteiger partial charge in [-0.3, -0.25) is 4.79 Å². The minimum absolute atomic E-state index is 0.135. The van der Waals surface area contributed by atoms with Gasteiger partial charge in [0.1, 0.15) is 11.9 Å². The van der Waals surface area contributed by atoms with Gasteiger partial charge in [-0.2, -0.15) is 0 Å². The van der Waals surface area contributed by atoms with Gasteiger partial charge in [0.05, 0.1) is 0 Å². The van der Waals surface area contributed by atoms with Crippen molar-refractivity contribution in [1.29, 1.82) is 0 Å². The Bertz CT molecular complexity index is 765. The Hall–Kier alpha value is -2.60. The van der Waals surface area contributed by atoms with Crippen molar-refractivity contribution >= 4 is 29.3 Å². The van der Waals surface area contributed by atoms with E-state index in [1.165, 1.54) is 24.4 Å². The molecule has 1 aromatic heterocycles. The van der Waals surface area contributed by atoms with E-state index in [1.54, 1.807) is 13.0 Å². The van der Waals surface area contributed by atoms with Gasteiger partial charge in [-0.15, -0.1) is 0 Å². The van der Waals surface area contributed by atoms with Crippen molar-refractivity contribution in [3.63, 3.8) is 0 Å². The number of carbonyl (C=O) groups is 1. The number of carbonyl (C=O) groups excluding carboxylic acids is 1. The standard InChI is InChI=1S/C16H15ClFN3O2/c1-9(13-5-12(18)2-3-14(13)17)23-15-4-10(7-21-16(15)20)11(6-19)8-22/h2-9H,19H2,1H3,(H2,20,21). The summed E-state index contributed by atoms with van der Waals surface area (Å²) in [4.78, 5) is 14.9. The number of aldehydes is 1. The molecule has 1 heterocycles. The summed E-state index contributed by atoms with van der Waals surface area (Å²) in [7, 11) is 0. The number of benzene rings is 1. The van der Waals surface area contributed by atoms with Crippen molar-refractivity contribution in [2.45, 2.75) is 13.0 Å². The molecule has 5 nitrogen and oxygen atoms in total. The van der Waals surface area contributed by atoms with E-state index in [2.05, 4.69) is 4.98 Å². The van der Waals surface area contributed by atoms with Crippen LogP contribution < -0.4 is 16.2 Å². The summed E-state index contributed by atoms with van der Waals surface area (Å²) in [6.07, 6.45) is 2.61. The number of nitrogens with zero attached hydrogens (tertiary/aromatic N) is 1. The molecule has 0 amide bonds. The number of hydrogen-bond acceptors (Lipinski definition) is 5. The molecule has 23 heavy (non-hydrogen) atoms. The summed E-state index contributed by atoms with van der Waals surface area (Å²) in [6, 6.07) is 5.54. The van der Waals surface area contributed by atoms with Crippen LogP contribution in [0.5, 0.6) is 5.75 Å². The zero-order valence-corrected chi connectivity index (χ0v) is 13.0. The van der Waals surface area contributed by atoms with E-state index >= 15 is 0 Å². The molecule has 120 valence electrons. The molecule has 0 aliphatic rings. The number of halogens is 2. The largest absolute Gasteiger partial charge is 0.482 e. The molecule has 4 N–H and O–H groups in total. The molecule has 0 saturated heterocycles. The fourth-order valence-corrected chi connectivity index (χ4v) is 2.26. The molecule has 0 fully saturated rings. The first-order valence-corrected chi connectivity index (χ1v) is 7.08. The van der Waals surface area contributed by atoms with Gasteiger partial charge in [0, 0.05) is 34.1 Å². The maximum absolute atomic E-state index is 13.4. The van der Waals surface area contributed by atoms with Crippen molar-refractivity contribution in [2.24, 2.45) is 5.73 Å². The average Bonchev–Trinajstić information content (AvgIpc) is 2.53. The van der Waals surface area contributed by atoms with E-state index in [1.807, 2.05) is 0 Å². The molecule has 0 radical (unpaired) electrons. The molecule has 0 aliphatic carbocycles. The van der Waals surface area contributed by atoms with Gasteiger partial charge in [0.2, 0.25) is 0 Å². The highest BCUT2D eigenvalue weighted by Crippen LogP contribution is 2.31. The molecule has 0 aliphatic heterocycles. The predicted molar refractivity (Wildman–Crippen MR) is 87.3 cm³/mol. The van der Waals surface area contributed by atoms with E-state index in [4.69, 9.17) is 27.8 Å². The summed E-state index contributed by atoms with van der Waals surface area (Å²) in [5.41, 5.74) is 12.3. The second-order valence-corrected chi connectivity index (χ2v) is 5.18. The van der Waals surface area contributed by atoms with E-state index in [0.717, 1.165) is 6.20 Å². The molecule has 1 atom stereocenters. The second kappa shape index (κ2) is 7.11. The number of anilines is 1. The molecule has 2 rings (SSSR count). The van der Waals surface area contributed by atoms with Crippen molar-refractivity contribution < 1.29 is 13.9 Å². The molecule has 0 spiro atoms. The number of allylic oxidation sites excluding steroid dienone is 1. The van der Waals surface area contributed by atoms with Crippen LogP contribution in [0.4, 0.5) is 10.2 Å². The number of aromatic nitrogens is 1. The number of nitrogen functional groups attached to an aromatic ring is 1. The van der Waals surface area contributed by atoms with Crippen LogP contribution in [0.15, 0.2) is 36.7 Å². The molecule has 0 bridgehead atoms. The zero-order valence-electron chi connectivity index (χ0n) is 12.3. The van der Waals surface area contributed by atoms with Crippen molar-refractivity contribution in [3.05, 3.63) is 58.6 Å². The van der Waals surface area contributed by atoms with Gasteiger partial charge in [-0.25, -0.2) is 9.37 Å². The van der Waals surface area contributed by atoms with Crippen LogP contribution in [0.1, 0.15) is 24.2 Å². The van der Waals surface area contributed by atoms with Gasteiger partial charge in [-0.1, -0.05) is 11.6 Å². The molecule has 1 unspecified atom stereocenters. The smallest absolute Gasteiger partial charge is 0.166 e. The lowest BCUT2D eigenvalue weighted by molar-refractivity contribution is -0.103. The van der Waals surface area contributed by atoms with Crippen LogP contribution in [0.3, 0.4) is 0 Å². The highest BCUT2D eigenvalue weighted by molar-refractivity contribution is 6.31. The van der Waals surface area contributed by atoms with Crippen LogP contribution >= 0.6 is 11.6 Å². The molecule has 1 aromatic carbocycles. The first-order valence-electron chi connectivity index (χ1n) is 6.70. The third-order valence-corrected chi connectivity index (χ3v) is 3.57. The van der Waals surface area contributed by atoms with Gasteiger partial charge in [0.15, 0.2) is 17.9 Å². The Morgan fingerprint density at radius 2 is 2.17 bits per heavy atom. The molecular formula is C16H15ClFN3O2. The maximum atomic E-state index is 13.4. The number of pyridine rings is 1. The topological polar surface area (TPSA) is 91.2 Å². The van der Waals surface area contributed by atoms with Gasteiger partial charge >= 0.3 is 0 Å². The first-order chi connectivity index (χ1) is 11.0. The third-order valence-electron chi connectivity index (χ3n) is 3.22. The zero-order chi connectivity index (χ0) is 17.0. The SMILES string of the molecule is CC(Oc1cc(C(C=O)=CN)cnc1N)c1cc(F)ccc1Cl. The summed E-state index contributed by atoms with van der Waals surface area (Å²) in [5, 5.41) is 0.372. The third kappa shape index (κ3) is 3.78. The van der Waals surface area contributed by atoms with E-state index in [-0.39, 0.29) is 17.1 Å². The normalized spacial score (nSPS) is 12.7. The minimum atomic E-state index is -0.570. The van der Waals surface area contributed by atoms with E-state index in [9.17, 15) is 9.18 Å². The van der Waals surface area contributed by atoms with E-state index in [0.29, 0.717) is 22.4 Å². The summed E-state index contributed by atoms with van der Waals surface area (Å²) >= 11 is 6.06. The average molecular weight is 336 g/mol. The maximum Gasteiger partial charge on any atom is 0.166 e. The van der Waals surface area contributed by atoms with Gasteiger partial charge < -0.3 is 16.2 Å². The van der Waals surface area contributed by atoms with Gasteiger partial charge in [0.25, 0.3) is 0 Å². The van der Waals surface area contributed by atoms with Crippen LogP contribution in [-0.4, -0.2) is 11.3 Å². The lowest BCUT2D eigenvalue weighted by Crippen LogP contribution is -2.07. The predicted octanol–water partition coefficient (Wildman–Crippen LogP) is 3.09. The number of rotatable bonds is 5. The van der Waals surface area contributed by atoms with Crippen molar-refractivity contribution in [1.82, 2.24) is 4.98 Å². The fraction of sp³-hybridized carbons (Fsp3) is 0.125. The minimum Gasteiger partial charge on any atom is -0.482 e. The van der Waals surface area contributed by atoms with Gasteiger partial charge in [-0.05, 0) is 31.2 Å². The highest BCUT2D eigenvalue weighted by atomic mass is 35.5. The van der Waals surface area contributed by atoms with Crippen LogP contribution in [0.2, 0.25) is 5.02 Å². The summed E-state index contributed by atoms with van der Waals surface area (Å²) < 4.78 is 19.1. The summed E-state index contributed by atoms with van der Waals surface area (Å²) in [5.74, 6) is -0.0408. The molecule has 2 aromatic rings. The van der Waals surface area contributed by atoms with Crippen molar-refractivity contribution in [3.8, 4) is 5.75 Å². The molecular weight excluding hydrogens is 321 g/mol. The quantitative estimate of drug-likeness (QED) is 0.647. The monoisotopic (exact) mass is 335 g/mol. The number of nitrogens with two attached hydrogens (primary N) is 2. The van der Waals surface area contributed by atoms with E-state index < -0.39 is 11.9 Å². The Kier molecular flexibility index (Phi) is 5.18. The Morgan fingerprint density at radius 3 is 2.83 bits per heavy atom. The summed E-state index contributed by atoms with van der Waals surface area (Å²) in [6.45, 7) is 1.70. The number of hydrogen-bond donors (Lipinski definition) is 2. The fourth-order valence-electron chi connectivity index (χ4n) is 1.99. The lowest BCUT2D eigenvalue weighted by Gasteiger charge is -2.18. The first kappa shape index (κ1) is 16.8. The van der Waals surface area contributed by atoms with Crippen LogP contribution in [0.25, 0.3) is 5.57 Å². The molecule has 7 heteroatoms. The Morgan fingerprint density at radius 1 is 1.43 bits per heavy atom. The Balaban J connectivity index is 2.33. The van der Waals surface area contributed by atoms with Crippen LogP contribution in [-0.2, 0) is 4.79 Å². The lowest BCUT2D eigenvalue weighted by atomic mass is 10.1. The highest BCUT2D eigenvalue weighted by Gasteiger charge is 2.15. The number of ether oxygens (including phenoxy) is 1. The second-order valence-electron chi connectivity index (χ2n) is 4.77. The van der Waals surface area contributed by atoms with Crippen molar-refractivity contribution in [2.75, 3.05) is 5.73 Å². The Labute approximate surface area is 137 Å². The molecule has 0 saturated carbocycles. The van der Waals surface area contributed by atoms with Crippen LogP contribution in [0, 0.1) is 5.82 Å².